The molecule has 0 radical (unpaired) electrons. The molecule has 4 heteroatoms. The zero-order valence-corrected chi connectivity index (χ0v) is 13.7. The van der Waals surface area contributed by atoms with Crippen LogP contribution in [0, 0.1) is 12.8 Å². The smallest absolute Gasteiger partial charge is 0.0296 e. The van der Waals surface area contributed by atoms with Gasteiger partial charge in [-0.05, 0) is 45.6 Å². The maximum absolute atomic E-state index is 3.24. The second-order valence-corrected chi connectivity index (χ2v) is 7.37. The van der Waals surface area contributed by atoms with Crippen LogP contribution >= 0.6 is 11.3 Å². The lowest BCUT2D eigenvalue weighted by molar-refractivity contribution is 0.250. The Hall–Kier alpha value is -0.420. The third-order valence-electron chi connectivity index (χ3n) is 4.13. The number of likely N-dealkylation sites (tertiary alicyclic amines) is 1. The molecular formula is C15H27N3S. The van der Waals surface area contributed by atoms with Crippen molar-refractivity contribution in [1.29, 1.82) is 0 Å². The van der Waals surface area contributed by atoms with E-state index in [1.54, 1.807) is 0 Å². The molecule has 2 rings (SSSR count). The van der Waals surface area contributed by atoms with Crippen molar-refractivity contribution in [3.05, 3.63) is 21.4 Å². The van der Waals surface area contributed by atoms with Crippen LogP contribution in [0.1, 0.15) is 22.2 Å². The molecule has 1 aliphatic rings. The highest BCUT2D eigenvalue weighted by atomic mass is 32.1. The molecule has 2 unspecified atom stereocenters. The summed E-state index contributed by atoms with van der Waals surface area (Å²) in [5.74, 6) is 0.769. The minimum absolute atomic E-state index is 0.704. The maximum Gasteiger partial charge on any atom is 0.0296 e. The number of hydrogen-bond donors (Lipinski definition) is 1. The van der Waals surface area contributed by atoms with Crippen molar-refractivity contribution >= 4 is 11.3 Å². The molecule has 0 aliphatic carbocycles. The monoisotopic (exact) mass is 281 g/mol. The average molecular weight is 281 g/mol. The van der Waals surface area contributed by atoms with Crippen LogP contribution in [0.15, 0.2) is 6.07 Å². The zero-order chi connectivity index (χ0) is 14.0. The van der Waals surface area contributed by atoms with E-state index < -0.39 is 0 Å². The summed E-state index contributed by atoms with van der Waals surface area (Å²) in [5, 5.41) is 3.24. The topological polar surface area (TPSA) is 18.5 Å². The first-order valence-electron chi connectivity index (χ1n) is 7.12. The van der Waals surface area contributed by atoms with E-state index in [1.165, 1.54) is 28.4 Å². The molecule has 0 bridgehead atoms. The van der Waals surface area contributed by atoms with Crippen LogP contribution in [0.2, 0.25) is 0 Å². The summed E-state index contributed by atoms with van der Waals surface area (Å²) in [5.41, 5.74) is 1.52. The molecule has 108 valence electrons. The Morgan fingerprint density at radius 3 is 2.74 bits per heavy atom. The van der Waals surface area contributed by atoms with Gasteiger partial charge in [-0.25, -0.2) is 0 Å². The first-order chi connectivity index (χ1) is 9.01. The lowest BCUT2D eigenvalue weighted by Crippen LogP contribution is -2.34. The van der Waals surface area contributed by atoms with Crippen molar-refractivity contribution in [3.8, 4) is 0 Å². The molecule has 19 heavy (non-hydrogen) atoms. The van der Waals surface area contributed by atoms with Gasteiger partial charge in [0.2, 0.25) is 0 Å². The van der Waals surface area contributed by atoms with Gasteiger partial charge in [0.25, 0.3) is 0 Å². The van der Waals surface area contributed by atoms with Crippen LogP contribution in [0.5, 0.6) is 0 Å². The van der Waals surface area contributed by atoms with E-state index in [1.807, 2.05) is 18.4 Å². The highest BCUT2D eigenvalue weighted by Gasteiger charge is 2.31. The van der Waals surface area contributed by atoms with Gasteiger partial charge in [0.15, 0.2) is 0 Å². The first kappa shape index (κ1) is 15.0. The Morgan fingerprint density at radius 2 is 2.16 bits per heavy atom. The van der Waals surface area contributed by atoms with Crippen molar-refractivity contribution in [2.45, 2.75) is 33.0 Å². The van der Waals surface area contributed by atoms with Gasteiger partial charge in [-0.2, -0.15) is 0 Å². The van der Waals surface area contributed by atoms with E-state index in [0.717, 1.165) is 19.0 Å². The SMILES string of the molecule is CNCc1cc(CN2CC(C)C(N(C)C)C2)c(C)s1. The van der Waals surface area contributed by atoms with E-state index in [-0.39, 0.29) is 0 Å². The van der Waals surface area contributed by atoms with Gasteiger partial charge >= 0.3 is 0 Å². The summed E-state index contributed by atoms with van der Waals surface area (Å²) >= 11 is 1.93. The van der Waals surface area contributed by atoms with Crippen molar-refractivity contribution in [2.24, 2.45) is 5.92 Å². The summed E-state index contributed by atoms with van der Waals surface area (Å²) in [6.45, 7) is 9.15. The first-order valence-corrected chi connectivity index (χ1v) is 7.94. The van der Waals surface area contributed by atoms with Crippen LogP contribution < -0.4 is 5.32 Å². The Kier molecular flexibility index (Phi) is 5.01. The summed E-state index contributed by atoms with van der Waals surface area (Å²) in [4.78, 5) is 7.91. The second-order valence-electron chi connectivity index (χ2n) is 6.03. The fraction of sp³-hybridized carbons (Fsp3) is 0.733. The Morgan fingerprint density at radius 1 is 1.42 bits per heavy atom. The van der Waals surface area contributed by atoms with E-state index in [4.69, 9.17) is 0 Å². The van der Waals surface area contributed by atoms with Crippen LogP contribution in [-0.2, 0) is 13.1 Å². The molecule has 0 saturated carbocycles. The molecule has 2 atom stereocenters. The summed E-state index contributed by atoms with van der Waals surface area (Å²) < 4.78 is 0. The van der Waals surface area contributed by atoms with Crippen LogP contribution in [0.25, 0.3) is 0 Å². The predicted molar refractivity (Wildman–Crippen MR) is 83.7 cm³/mol. The third kappa shape index (κ3) is 3.57. The Labute approximate surface area is 121 Å². The van der Waals surface area contributed by atoms with E-state index in [9.17, 15) is 0 Å². The molecule has 1 fully saturated rings. The minimum Gasteiger partial charge on any atom is -0.315 e. The van der Waals surface area contributed by atoms with Gasteiger partial charge < -0.3 is 10.2 Å². The normalized spacial score (nSPS) is 24.5. The number of hydrogen-bond acceptors (Lipinski definition) is 4. The molecule has 3 nitrogen and oxygen atoms in total. The molecule has 1 aliphatic heterocycles. The number of rotatable bonds is 5. The summed E-state index contributed by atoms with van der Waals surface area (Å²) in [7, 11) is 6.41. The van der Waals surface area contributed by atoms with Gasteiger partial charge in [-0.15, -0.1) is 11.3 Å². The molecular weight excluding hydrogens is 254 g/mol. The van der Waals surface area contributed by atoms with Gasteiger partial charge in [-0.1, -0.05) is 6.92 Å². The van der Waals surface area contributed by atoms with Crippen molar-refractivity contribution in [3.63, 3.8) is 0 Å². The van der Waals surface area contributed by atoms with E-state index in [0.29, 0.717) is 6.04 Å². The van der Waals surface area contributed by atoms with E-state index in [2.05, 4.69) is 49.1 Å². The molecule has 0 spiro atoms. The Balaban J connectivity index is 1.98. The predicted octanol–water partition coefficient (Wildman–Crippen LogP) is 2.16. The van der Waals surface area contributed by atoms with Crippen LogP contribution in [-0.4, -0.2) is 50.1 Å². The molecule has 1 aromatic rings. The van der Waals surface area contributed by atoms with Crippen molar-refractivity contribution in [1.82, 2.24) is 15.1 Å². The third-order valence-corrected chi connectivity index (χ3v) is 5.22. The fourth-order valence-electron chi connectivity index (χ4n) is 3.10. The average Bonchev–Trinajstić information content (AvgIpc) is 2.84. The van der Waals surface area contributed by atoms with Gasteiger partial charge in [0.05, 0.1) is 0 Å². The number of aryl methyl sites for hydroxylation is 1. The van der Waals surface area contributed by atoms with Gasteiger partial charge in [0.1, 0.15) is 0 Å². The highest BCUT2D eigenvalue weighted by Crippen LogP contribution is 2.26. The Bertz CT molecular complexity index is 414. The molecule has 0 aromatic carbocycles. The molecule has 1 N–H and O–H groups in total. The molecule has 1 aromatic heterocycles. The number of nitrogens with one attached hydrogen (secondary N) is 1. The highest BCUT2D eigenvalue weighted by molar-refractivity contribution is 7.12. The van der Waals surface area contributed by atoms with Gasteiger partial charge in [0, 0.05) is 42.0 Å². The number of nitrogens with zero attached hydrogens (tertiary/aromatic N) is 2. The minimum atomic E-state index is 0.704. The quantitative estimate of drug-likeness (QED) is 0.892. The largest absolute Gasteiger partial charge is 0.315 e. The standard InChI is InChI=1S/C15H27N3S/c1-11-8-18(10-15(11)17(4)5)9-13-6-14(7-16-3)19-12(13)2/h6,11,15-16H,7-10H2,1-5H3. The zero-order valence-electron chi connectivity index (χ0n) is 12.9. The van der Waals surface area contributed by atoms with Gasteiger partial charge in [-0.3, -0.25) is 4.90 Å². The maximum atomic E-state index is 3.24. The van der Waals surface area contributed by atoms with E-state index >= 15 is 0 Å². The van der Waals surface area contributed by atoms with Crippen molar-refractivity contribution in [2.75, 3.05) is 34.2 Å². The lowest BCUT2D eigenvalue weighted by Gasteiger charge is -2.22. The molecule has 2 heterocycles. The number of thiophene rings is 1. The molecule has 1 saturated heterocycles. The summed E-state index contributed by atoms with van der Waals surface area (Å²) in [6, 6.07) is 3.08. The lowest BCUT2D eigenvalue weighted by atomic mass is 10.1. The number of likely N-dealkylation sites (N-methyl/N-ethyl adjacent to an activating group) is 1. The van der Waals surface area contributed by atoms with Crippen molar-refractivity contribution < 1.29 is 0 Å². The summed E-state index contributed by atoms with van der Waals surface area (Å²) in [6.07, 6.45) is 0. The second kappa shape index (κ2) is 6.35. The molecule has 0 amide bonds. The fourth-order valence-corrected chi connectivity index (χ4v) is 4.16. The van der Waals surface area contributed by atoms with Crippen LogP contribution in [0.3, 0.4) is 0 Å². The van der Waals surface area contributed by atoms with Crippen LogP contribution in [0.4, 0.5) is 0 Å².